The summed E-state index contributed by atoms with van der Waals surface area (Å²) in [5.74, 6) is -0.0311. The summed E-state index contributed by atoms with van der Waals surface area (Å²) in [5, 5.41) is 6.45. The van der Waals surface area contributed by atoms with Crippen LogP contribution in [0.15, 0.2) is 214 Å². The Balaban J connectivity index is 0.831. The lowest BCUT2D eigenvalue weighted by atomic mass is 9.86. The molecule has 0 amide bonds. The largest absolute Gasteiger partial charge is 0.307 e. The van der Waals surface area contributed by atoms with Crippen LogP contribution < -0.4 is 16.7 Å². The van der Waals surface area contributed by atoms with Crippen LogP contribution in [0.25, 0.3) is 161 Å². The van der Waals surface area contributed by atoms with E-state index in [2.05, 4.69) is 94.4 Å². The summed E-state index contributed by atoms with van der Waals surface area (Å²) in [6.07, 6.45) is 8.03. The molecule has 15 aromatic rings. The van der Waals surface area contributed by atoms with Gasteiger partial charge in [0, 0.05) is 114 Å². The lowest BCUT2D eigenvalue weighted by Crippen LogP contribution is -2.08. The maximum Gasteiger partial charge on any atom is 0.250 e. The van der Waals surface area contributed by atoms with Gasteiger partial charge in [0.2, 0.25) is 16.7 Å². The van der Waals surface area contributed by atoms with Gasteiger partial charge in [-0.3, -0.25) is 29.3 Å². The molecule has 0 saturated heterocycles. The third kappa shape index (κ3) is 10.8. The minimum absolute atomic E-state index is 0.0311. The van der Waals surface area contributed by atoms with E-state index in [1.165, 1.54) is 6.07 Å². The summed E-state index contributed by atoms with van der Waals surface area (Å²) in [7, 11) is 0. The molecule has 0 spiro atoms. The van der Waals surface area contributed by atoms with Crippen LogP contribution in [0.4, 0.5) is 0 Å². The maximum absolute atomic E-state index is 13.1. The first kappa shape index (κ1) is 58.6. The molecular formula is C78H54Cl3N9O3. The summed E-state index contributed by atoms with van der Waals surface area (Å²) in [6.45, 7) is 10.3. The highest BCUT2D eigenvalue weighted by Crippen LogP contribution is 2.45. The van der Waals surface area contributed by atoms with Crippen molar-refractivity contribution >= 4 is 107 Å². The number of halogens is 3. The molecule has 0 aliphatic rings. The van der Waals surface area contributed by atoms with Gasteiger partial charge in [0.25, 0.3) is 0 Å². The molecule has 0 bridgehead atoms. The van der Waals surface area contributed by atoms with Gasteiger partial charge < -0.3 is 15.0 Å². The van der Waals surface area contributed by atoms with Gasteiger partial charge >= 0.3 is 0 Å². The molecule has 0 radical (unpaired) electrons. The van der Waals surface area contributed by atoms with E-state index in [0.717, 1.165) is 127 Å². The Kier molecular flexibility index (Phi) is 14.8. The summed E-state index contributed by atoms with van der Waals surface area (Å²) in [4.78, 5) is 78.1. The van der Waals surface area contributed by atoms with E-state index in [9.17, 15) is 14.4 Å². The molecule has 15 rings (SSSR count). The number of aromatic nitrogens is 9. The maximum atomic E-state index is 13.1. The van der Waals surface area contributed by atoms with Crippen LogP contribution in [0, 0.1) is 0 Å². The Morgan fingerprint density at radius 1 is 0.441 bits per heavy atom. The van der Waals surface area contributed by atoms with Crippen molar-refractivity contribution in [1.29, 1.82) is 0 Å². The molecule has 450 valence electrons. The van der Waals surface area contributed by atoms with Gasteiger partial charge in [-0.2, -0.15) is 0 Å². The molecule has 3 N–H and O–H groups in total. The Bertz CT molecular complexity index is 5860. The van der Waals surface area contributed by atoms with Crippen LogP contribution in [0.5, 0.6) is 0 Å². The Labute approximate surface area is 547 Å². The van der Waals surface area contributed by atoms with E-state index in [1.807, 2.05) is 136 Å². The minimum Gasteiger partial charge on any atom is -0.307 e. The zero-order chi connectivity index (χ0) is 63.9. The Morgan fingerprint density at radius 3 is 1.65 bits per heavy atom. The number of rotatable bonds is 11. The van der Waals surface area contributed by atoms with E-state index in [0.29, 0.717) is 72.1 Å². The topological polar surface area (TPSA) is 176 Å². The predicted octanol–water partition coefficient (Wildman–Crippen LogP) is 19.4. The van der Waals surface area contributed by atoms with Crippen molar-refractivity contribution in [3.05, 3.63) is 263 Å². The van der Waals surface area contributed by atoms with Gasteiger partial charge in [0.15, 0.2) is 0 Å². The zero-order valence-corrected chi connectivity index (χ0v) is 53.1. The highest BCUT2D eigenvalue weighted by atomic mass is 35.5. The molecule has 0 aliphatic heterocycles. The lowest BCUT2D eigenvalue weighted by Gasteiger charge is -2.21. The van der Waals surface area contributed by atoms with Crippen molar-refractivity contribution in [1.82, 2.24) is 44.9 Å². The molecule has 6 aromatic carbocycles. The number of aromatic amines is 3. The van der Waals surface area contributed by atoms with Crippen LogP contribution >= 0.6 is 34.8 Å². The van der Waals surface area contributed by atoms with Crippen LogP contribution in [0.1, 0.15) is 57.2 Å². The third-order valence-corrected chi connectivity index (χ3v) is 18.0. The molecule has 15 heteroatoms. The fourth-order valence-electron chi connectivity index (χ4n) is 12.9. The van der Waals surface area contributed by atoms with Crippen molar-refractivity contribution in [2.45, 2.75) is 47.0 Å². The third-order valence-electron chi connectivity index (χ3n) is 17.1. The number of allylic oxidation sites excluding steroid dienone is 1. The van der Waals surface area contributed by atoms with E-state index in [-0.39, 0.29) is 22.6 Å². The molecule has 9 heterocycles. The number of H-pyrrole nitrogens is 3. The van der Waals surface area contributed by atoms with Gasteiger partial charge in [-0.15, -0.1) is 0 Å². The fourth-order valence-corrected chi connectivity index (χ4v) is 13.8. The number of fused-ring (bicyclic) bond motifs is 6. The van der Waals surface area contributed by atoms with Crippen LogP contribution in [-0.2, 0) is 6.42 Å². The molecular weight excluding hydrogens is 1220 g/mol. The van der Waals surface area contributed by atoms with Crippen molar-refractivity contribution in [2.24, 2.45) is 0 Å². The fraction of sp³-hybridized carbons (Fsp3) is 0.0897. The number of hydrogen-bond donors (Lipinski definition) is 3. The normalized spacial score (nSPS) is 11.7. The smallest absolute Gasteiger partial charge is 0.250 e. The van der Waals surface area contributed by atoms with Gasteiger partial charge in [0.1, 0.15) is 16.9 Å². The summed E-state index contributed by atoms with van der Waals surface area (Å²) >= 11 is 21.5. The van der Waals surface area contributed by atoms with Crippen molar-refractivity contribution < 1.29 is 0 Å². The Hall–Kier alpha value is -10.8. The number of benzene rings is 6. The average Bonchev–Trinajstić information content (AvgIpc) is 0.766. The second-order valence-corrected chi connectivity index (χ2v) is 25.2. The van der Waals surface area contributed by atoms with E-state index in [4.69, 9.17) is 59.7 Å². The van der Waals surface area contributed by atoms with Crippen molar-refractivity contribution in [3.63, 3.8) is 0 Å². The highest BCUT2D eigenvalue weighted by molar-refractivity contribution is 6.36. The number of aryl methyl sites for hydroxylation is 1. The average molecular weight is 1270 g/mol. The first-order chi connectivity index (χ1) is 45.1. The first-order valence-corrected chi connectivity index (χ1v) is 31.6. The van der Waals surface area contributed by atoms with Crippen molar-refractivity contribution in [3.8, 4) is 89.4 Å². The van der Waals surface area contributed by atoms with E-state index >= 15 is 0 Å². The standard InChI is InChI=1S/C78H54Cl3N9O3/c1-6-42-34-66(92)86-77-60(42)36-59(50-26-48-16-11-23-82-72(48)62(79)31-50)71(89-77)47-15-10-14-46(25-47)56-30-54-28-52(33-64(81)74(54)84-39-56)69-68(41(4)5)57-21-22-65(91)85-76(57)90-75(69)45-19-17-43(18-20-45)55-29-53-27-51(32-63(80)73(53)83-38-55)58-37-61-49(24-40(2)3)35-67(93)87-78(61)88-70(58)44-12-8-7-9-13-44/h7-39,41H,6H2,1-5H3,(H,85,90,91)(H,86,89,92)(H,87,88,93). The molecule has 9 aromatic heterocycles. The lowest BCUT2D eigenvalue weighted by molar-refractivity contribution is 0.876. The van der Waals surface area contributed by atoms with Gasteiger partial charge in [-0.05, 0) is 150 Å². The van der Waals surface area contributed by atoms with Crippen LogP contribution in [0.3, 0.4) is 0 Å². The second-order valence-electron chi connectivity index (χ2n) is 23.9. The zero-order valence-electron chi connectivity index (χ0n) is 50.9. The summed E-state index contributed by atoms with van der Waals surface area (Å²) < 4.78 is 0. The van der Waals surface area contributed by atoms with E-state index < -0.39 is 0 Å². The minimum atomic E-state index is -0.260. The molecule has 0 aliphatic carbocycles. The molecule has 0 atom stereocenters. The quantitative estimate of drug-likeness (QED) is 0.114. The predicted molar refractivity (Wildman–Crippen MR) is 381 cm³/mol. The number of pyridine rings is 9. The number of nitrogens with zero attached hydrogens (tertiary/aromatic N) is 6. The second kappa shape index (κ2) is 23.5. The SMILES string of the molecule is CCc1cc(=O)[nH]c2nc(-c3cccc(-c4cnc5c(Cl)cc(-c6c(-c7ccc(-c8cnc9c(Cl)cc(-c%10cc%11c(C=C(C)C)cc(=O)[nH]c%11nc%10-c%10ccccc%10)cc9c8)cc7)nc7[nH]c(=O)ccc7c6C(C)C)cc5c4)c3)c(-c3cc(Cl)c4ncccc4c3)cc12. The highest BCUT2D eigenvalue weighted by Gasteiger charge is 2.24. The van der Waals surface area contributed by atoms with Gasteiger partial charge in [-0.1, -0.05) is 146 Å². The van der Waals surface area contributed by atoms with Crippen LogP contribution in [0.2, 0.25) is 15.1 Å². The van der Waals surface area contributed by atoms with Gasteiger partial charge in [0.05, 0.1) is 48.7 Å². The molecule has 0 unspecified atom stereocenters. The molecule has 93 heavy (non-hydrogen) atoms. The van der Waals surface area contributed by atoms with Crippen molar-refractivity contribution in [2.75, 3.05) is 0 Å². The summed E-state index contributed by atoms with van der Waals surface area (Å²) in [5.41, 5.74) is 19.5. The van der Waals surface area contributed by atoms with E-state index in [1.54, 1.807) is 18.3 Å². The summed E-state index contributed by atoms with van der Waals surface area (Å²) in [6, 6.07) is 57.2. The molecule has 0 saturated carbocycles. The number of nitrogens with one attached hydrogen (secondary N) is 3. The van der Waals surface area contributed by atoms with Gasteiger partial charge in [-0.25, -0.2) is 15.0 Å². The van der Waals surface area contributed by atoms with Crippen LogP contribution in [-0.4, -0.2) is 44.9 Å². The first-order valence-electron chi connectivity index (χ1n) is 30.5. The molecule has 0 fully saturated rings. The monoisotopic (exact) mass is 1270 g/mol. The molecule has 12 nitrogen and oxygen atoms in total. The Morgan fingerprint density at radius 2 is 0.968 bits per heavy atom. The number of hydrogen-bond acceptors (Lipinski definition) is 9.